The van der Waals surface area contributed by atoms with E-state index >= 15 is 0 Å². The van der Waals surface area contributed by atoms with Crippen molar-refractivity contribution in [1.29, 1.82) is 0 Å². The van der Waals surface area contributed by atoms with Crippen molar-refractivity contribution in [2.24, 2.45) is 0 Å². The van der Waals surface area contributed by atoms with Crippen LogP contribution in [-0.4, -0.2) is 26.1 Å². The molecule has 2 amide bonds. The van der Waals surface area contributed by atoms with E-state index in [2.05, 4.69) is 0 Å². The summed E-state index contributed by atoms with van der Waals surface area (Å²) >= 11 is 11.8. The van der Waals surface area contributed by atoms with Crippen molar-refractivity contribution < 1.29 is 18.9 Å². The molecule has 0 N–H and O–H groups in total. The van der Waals surface area contributed by atoms with Crippen LogP contribution in [0.4, 0.5) is 4.39 Å². The summed E-state index contributed by atoms with van der Waals surface area (Å²) in [5, 5.41) is 11.4. The van der Waals surface area contributed by atoms with Crippen LogP contribution in [0.25, 0.3) is 0 Å². The molecule has 0 saturated carbocycles. The molecule has 128 valence electrons. The number of carbonyl (C=O) groups is 2. The molecular weight excluding hydrogens is 374 g/mol. The maximum atomic E-state index is 13.2. The number of carbonyl (C=O) groups excluding carboxylic acids is 2. The molecule has 1 aliphatic heterocycles. The van der Waals surface area contributed by atoms with E-state index in [1.54, 1.807) is 12.1 Å². The number of amides is 2. The molecule has 1 heterocycles. The monoisotopic (exact) mass is 382 g/mol. The predicted molar refractivity (Wildman–Crippen MR) is 87.5 cm³/mol. The number of halogens is 3. The fourth-order valence-electron chi connectivity index (χ4n) is 2.69. The fraction of sp³-hybridized carbons (Fsp3) is 0.125. The molecule has 1 atom stereocenters. The molecule has 3 rings (SSSR count). The minimum absolute atomic E-state index is 0.0533. The van der Waals surface area contributed by atoms with Crippen LogP contribution in [0.2, 0.25) is 0 Å². The average Bonchev–Trinajstić information content (AvgIpc) is 2.82. The van der Waals surface area contributed by atoms with E-state index in [1.807, 2.05) is 0 Å². The number of nitrogens with zero attached hydrogens (tertiary/aromatic N) is 2. The molecule has 0 spiro atoms. The lowest BCUT2D eigenvalue weighted by molar-refractivity contribution is -0.523. The van der Waals surface area contributed by atoms with Gasteiger partial charge in [-0.15, -0.1) is 0 Å². The summed E-state index contributed by atoms with van der Waals surface area (Å²) in [6.45, 7) is 0. The van der Waals surface area contributed by atoms with E-state index in [0.717, 1.165) is 12.1 Å². The van der Waals surface area contributed by atoms with Gasteiger partial charge in [0.05, 0.1) is 16.1 Å². The van der Waals surface area contributed by atoms with Crippen LogP contribution < -0.4 is 0 Å². The van der Waals surface area contributed by atoms with Gasteiger partial charge in [-0.1, -0.05) is 24.3 Å². The maximum Gasteiger partial charge on any atom is 0.395 e. The first-order valence-electron chi connectivity index (χ1n) is 7.00. The average molecular weight is 383 g/mol. The van der Waals surface area contributed by atoms with Crippen molar-refractivity contribution in [2.45, 2.75) is 10.5 Å². The number of imide groups is 1. The topological polar surface area (TPSA) is 80.5 Å². The molecule has 0 bridgehead atoms. The summed E-state index contributed by atoms with van der Waals surface area (Å²) in [5.41, 5.74) is 0.233. The van der Waals surface area contributed by atoms with Crippen LogP contribution in [0.1, 0.15) is 32.3 Å². The van der Waals surface area contributed by atoms with E-state index in [0.29, 0.717) is 4.90 Å². The number of fused-ring (bicyclic) bond motifs is 1. The van der Waals surface area contributed by atoms with Crippen LogP contribution in [-0.2, 0) is 0 Å². The highest BCUT2D eigenvalue weighted by atomic mass is 35.5. The van der Waals surface area contributed by atoms with Gasteiger partial charge in [0.15, 0.2) is 6.04 Å². The lowest BCUT2D eigenvalue weighted by Gasteiger charge is -2.29. The Morgan fingerprint density at radius 2 is 1.48 bits per heavy atom. The number of hydrogen-bond acceptors (Lipinski definition) is 4. The van der Waals surface area contributed by atoms with E-state index < -0.39 is 33.1 Å². The zero-order chi connectivity index (χ0) is 18.4. The van der Waals surface area contributed by atoms with E-state index in [9.17, 15) is 24.1 Å². The van der Waals surface area contributed by atoms with Crippen LogP contribution in [0.5, 0.6) is 0 Å². The van der Waals surface area contributed by atoms with E-state index in [1.165, 1.54) is 24.3 Å². The lowest BCUT2D eigenvalue weighted by atomic mass is 10.0. The smallest absolute Gasteiger partial charge is 0.269 e. The molecule has 9 heteroatoms. The van der Waals surface area contributed by atoms with Crippen LogP contribution >= 0.6 is 23.2 Å². The van der Waals surface area contributed by atoms with Gasteiger partial charge >= 0.3 is 4.46 Å². The Hall–Kier alpha value is -2.51. The van der Waals surface area contributed by atoms with Gasteiger partial charge in [-0.2, -0.15) is 0 Å². The predicted octanol–water partition coefficient (Wildman–Crippen LogP) is 3.57. The normalized spacial score (nSPS) is 15.2. The second-order valence-corrected chi connectivity index (χ2v) is 6.67. The molecule has 0 radical (unpaired) electrons. The van der Waals surface area contributed by atoms with Gasteiger partial charge in [-0.3, -0.25) is 24.6 Å². The van der Waals surface area contributed by atoms with Crippen LogP contribution in [0.15, 0.2) is 48.5 Å². The quantitative estimate of drug-likeness (QED) is 0.266. The minimum atomic E-state index is -2.72. The number of hydrogen-bond donors (Lipinski definition) is 0. The molecule has 25 heavy (non-hydrogen) atoms. The van der Waals surface area contributed by atoms with Gasteiger partial charge in [-0.25, -0.2) is 4.39 Å². The summed E-state index contributed by atoms with van der Waals surface area (Å²) in [7, 11) is 0. The first kappa shape index (κ1) is 17.3. The molecule has 6 nitrogen and oxygen atoms in total. The number of alkyl halides is 2. The highest BCUT2D eigenvalue weighted by molar-refractivity contribution is 6.47. The maximum absolute atomic E-state index is 13.2. The van der Waals surface area contributed by atoms with Gasteiger partial charge in [0, 0.05) is 0 Å². The number of nitro groups is 1. The van der Waals surface area contributed by atoms with Gasteiger partial charge < -0.3 is 0 Å². The van der Waals surface area contributed by atoms with Crippen molar-refractivity contribution in [3.63, 3.8) is 0 Å². The molecule has 2 aromatic rings. The molecule has 0 aromatic heterocycles. The molecule has 2 aromatic carbocycles. The summed E-state index contributed by atoms with van der Waals surface area (Å²) in [4.78, 5) is 36.3. The molecule has 0 fully saturated rings. The van der Waals surface area contributed by atoms with Crippen molar-refractivity contribution in [3.05, 3.63) is 81.2 Å². The lowest BCUT2D eigenvalue weighted by Crippen LogP contribution is -2.46. The zero-order valence-electron chi connectivity index (χ0n) is 12.4. The zero-order valence-corrected chi connectivity index (χ0v) is 13.9. The highest BCUT2D eigenvalue weighted by Gasteiger charge is 2.56. The largest absolute Gasteiger partial charge is 0.395 e. The third-order valence-corrected chi connectivity index (χ3v) is 4.53. The molecular formula is C16H9Cl2FN2O4. The van der Waals surface area contributed by atoms with Crippen LogP contribution in [0.3, 0.4) is 0 Å². The summed E-state index contributed by atoms with van der Waals surface area (Å²) < 4.78 is 10.5. The molecule has 1 aliphatic rings. The third kappa shape index (κ3) is 2.75. The standard InChI is InChI=1S/C16H9Cl2FN2O4/c17-16(18,21(24)25)13(9-5-7-10(19)8-6-9)20-14(22)11-3-1-2-4-12(11)15(20)23/h1-8,13H. The Kier molecular flexibility index (Phi) is 4.22. The third-order valence-electron chi connectivity index (χ3n) is 3.84. The van der Waals surface area contributed by atoms with E-state index in [-0.39, 0.29) is 16.7 Å². The molecule has 1 unspecified atom stereocenters. The Bertz CT molecular complexity index is 851. The fourth-order valence-corrected chi connectivity index (χ4v) is 3.14. The number of rotatable bonds is 4. The second kappa shape index (κ2) is 6.09. The van der Waals surface area contributed by atoms with Crippen molar-refractivity contribution in [2.75, 3.05) is 0 Å². The highest BCUT2D eigenvalue weighted by Crippen LogP contribution is 2.44. The van der Waals surface area contributed by atoms with Crippen LogP contribution in [0, 0.1) is 15.9 Å². The van der Waals surface area contributed by atoms with Gasteiger partial charge in [-0.05, 0) is 53.0 Å². The minimum Gasteiger partial charge on any atom is -0.269 e. The van der Waals surface area contributed by atoms with Gasteiger partial charge in [0.25, 0.3) is 11.8 Å². The second-order valence-electron chi connectivity index (χ2n) is 5.32. The summed E-state index contributed by atoms with van der Waals surface area (Å²) in [5.74, 6) is -2.12. The Balaban J connectivity index is 2.17. The molecule has 0 saturated heterocycles. The summed E-state index contributed by atoms with van der Waals surface area (Å²) in [6.07, 6.45) is 0. The first-order chi connectivity index (χ1) is 11.7. The van der Waals surface area contributed by atoms with Crippen molar-refractivity contribution >= 4 is 35.0 Å². The first-order valence-corrected chi connectivity index (χ1v) is 7.75. The molecule has 0 aliphatic carbocycles. The Morgan fingerprint density at radius 1 is 1.00 bits per heavy atom. The van der Waals surface area contributed by atoms with Crippen molar-refractivity contribution in [3.8, 4) is 0 Å². The SMILES string of the molecule is O=C1c2ccccc2C(=O)N1C(c1ccc(F)cc1)C(Cl)(Cl)[N+](=O)[O-]. The van der Waals surface area contributed by atoms with Crippen molar-refractivity contribution in [1.82, 2.24) is 4.90 Å². The Labute approximate surface area is 150 Å². The van der Waals surface area contributed by atoms with E-state index in [4.69, 9.17) is 23.2 Å². The number of benzene rings is 2. The van der Waals surface area contributed by atoms with Gasteiger partial charge in [0.2, 0.25) is 0 Å². The summed E-state index contributed by atoms with van der Waals surface area (Å²) in [6, 6.07) is 8.76. The van der Waals surface area contributed by atoms with Gasteiger partial charge in [0.1, 0.15) is 5.82 Å². The Morgan fingerprint density at radius 3 is 1.92 bits per heavy atom.